The van der Waals surface area contributed by atoms with Crippen LogP contribution in [0.15, 0.2) is 40.6 Å². The zero-order valence-electron chi connectivity index (χ0n) is 11.8. The van der Waals surface area contributed by atoms with Gasteiger partial charge in [-0.2, -0.15) is 0 Å². The van der Waals surface area contributed by atoms with Gasteiger partial charge in [-0.3, -0.25) is 4.72 Å². The first kappa shape index (κ1) is 16.7. The van der Waals surface area contributed by atoms with Crippen molar-refractivity contribution >= 4 is 49.6 Å². The number of benzene rings is 1. The third-order valence-corrected chi connectivity index (χ3v) is 5.89. The third kappa shape index (κ3) is 4.94. The number of sulfonamides is 1. The van der Waals surface area contributed by atoms with Crippen LogP contribution < -0.4 is 10.0 Å². The van der Waals surface area contributed by atoms with Crippen molar-refractivity contribution in [2.45, 2.75) is 31.3 Å². The van der Waals surface area contributed by atoms with Crippen molar-refractivity contribution in [1.29, 1.82) is 0 Å². The third-order valence-electron chi connectivity index (χ3n) is 2.72. The molecule has 0 spiro atoms. The van der Waals surface area contributed by atoms with Crippen molar-refractivity contribution in [2.75, 3.05) is 4.72 Å². The Morgan fingerprint density at radius 2 is 1.90 bits per heavy atom. The lowest BCUT2D eigenvalue weighted by Gasteiger charge is -2.07. The lowest BCUT2D eigenvalue weighted by atomic mass is 10.3. The van der Waals surface area contributed by atoms with Crippen LogP contribution in [0.25, 0.3) is 0 Å². The maximum Gasteiger partial charge on any atom is 0.262 e. The van der Waals surface area contributed by atoms with E-state index in [2.05, 4.69) is 46.5 Å². The highest BCUT2D eigenvalue weighted by Crippen LogP contribution is 2.22. The number of anilines is 1. The van der Waals surface area contributed by atoms with Crippen LogP contribution in [0, 0.1) is 3.57 Å². The topological polar surface area (TPSA) is 58.2 Å². The van der Waals surface area contributed by atoms with Gasteiger partial charge < -0.3 is 5.32 Å². The van der Waals surface area contributed by atoms with Crippen molar-refractivity contribution in [3.8, 4) is 0 Å². The lowest BCUT2D eigenvalue weighted by molar-refractivity contribution is 0.592. The van der Waals surface area contributed by atoms with Gasteiger partial charge in [-0.15, -0.1) is 11.3 Å². The fourth-order valence-corrected chi connectivity index (χ4v) is 4.27. The molecule has 1 aromatic heterocycles. The molecule has 0 saturated heterocycles. The molecule has 2 aromatic rings. The average Bonchev–Trinajstić information content (AvgIpc) is 2.88. The Balaban J connectivity index is 2.10. The Labute approximate surface area is 143 Å². The summed E-state index contributed by atoms with van der Waals surface area (Å²) in [5, 5.41) is 4.95. The van der Waals surface area contributed by atoms with E-state index >= 15 is 0 Å². The maximum atomic E-state index is 12.3. The van der Waals surface area contributed by atoms with Crippen LogP contribution in [0.1, 0.15) is 18.7 Å². The van der Waals surface area contributed by atoms with Gasteiger partial charge in [0.1, 0.15) is 0 Å². The SMILES string of the molecule is CC(C)NCc1cc(S(=O)(=O)Nc2ccc(I)cc2)cs1. The molecule has 0 aliphatic rings. The van der Waals surface area contributed by atoms with Crippen LogP contribution in [-0.4, -0.2) is 14.5 Å². The molecule has 4 nitrogen and oxygen atoms in total. The van der Waals surface area contributed by atoms with E-state index in [1.54, 1.807) is 23.6 Å². The molecule has 0 unspecified atom stereocenters. The predicted octanol–water partition coefficient (Wildman–Crippen LogP) is 3.65. The van der Waals surface area contributed by atoms with Crippen LogP contribution in [0.2, 0.25) is 0 Å². The molecule has 1 heterocycles. The van der Waals surface area contributed by atoms with Crippen LogP contribution in [0.5, 0.6) is 0 Å². The molecule has 0 radical (unpaired) electrons. The van der Waals surface area contributed by atoms with Gasteiger partial charge >= 0.3 is 0 Å². The molecule has 0 atom stereocenters. The molecule has 0 bridgehead atoms. The first-order valence-corrected chi connectivity index (χ1v) is 9.90. The van der Waals surface area contributed by atoms with E-state index in [0.29, 0.717) is 23.2 Å². The number of thiophene rings is 1. The predicted molar refractivity (Wildman–Crippen MR) is 96.3 cm³/mol. The normalized spacial score (nSPS) is 11.8. The molecule has 7 heteroatoms. The van der Waals surface area contributed by atoms with Crippen molar-refractivity contribution in [2.24, 2.45) is 0 Å². The van der Waals surface area contributed by atoms with Gasteiger partial charge in [-0.1, -0.05) is 13.8 Å². The Hall–Kier alpha value is -0.640. The molecular weight excluding hydrogens is 419 g/mol. The largest absolute Gasteiger partial charge is 0.310 e. The van der Waals surface area contributed by atoms with E-state index in [-0.39, 0.29) is 0 Å². The zero-order valence-corrected chi connectivity index (χ0v) is 15.6. The molecule has 0 amide bonds. The molecule has 0 saturated carbocycles. The summed E-state index contributed by atoms with van der Waals surface area (Å²) in [5.41, 5.74) is 0.573. The number of halogens is 1. The smallest absolute Gasteiger partial charge is 0.262 e. The van der Waals surface area contributed by atoms with Crippen molar-refractivity contribution in [1.82, 2.24) is 5.32 Å². The fraction of sp³-hybridized carbons (Fsp3) is 0.286. The number of rotatable bonds is 6. The maximum absolute atomic E-state index is 12.3. The summed E-state index contributed by atoms with van der Waals surface area (Å²) in [6.45, 7) is 4.80. The minimum atomic E-state index is -3.51. The molecule has 2 rings (SSSR count). The van der Waals surface area contributed by atoms with E-state index in [9.17, 15) is 8.42 Å². The van der Waals surface area contributed by atoms with E-state index in [1.165, 1.54) is 11.3 Å². The summed E-state index contributed by atoms with van der Waals surface area (Å²) < 4.78 is 28.3. The highest BCUT2D eigenvalue weighted by Gasteiger charge is 2.16. The minimum Gasteiger partial charge on any atom is -0.310 e. The average molecular weight is 436 g/mol. The first-order valence-electron chi connectivity index (χ1n) is 6.46. The standard InChI is InChI=1S/C14H17IN2O2S2/c1-10(2)16-8-13-7-14(9-20-13)21(18,19)17-12-5-3-11(15)4-6-12/h3-7,9-10,16-17H,8H2,1-2H3. The highest BCUT2D eigenvalue weighted by atomic mass is 127. The quantitative estimate of drug-likeness (QED) is 0.680. The Morgan fingerprint density at radius 3 is 2.52 bits per heavy atom. The second kappa shape index (κ2) is 7.08. The second-order valence-corrected chi connectivity index (χ2v) is 8.82. The molecule has 1 aromatic carbocycles. The monoisotopic (exact) mass is 436 g/mol. The summed E-state index contributed by atoms with van der Waals surface area (Å²) in [6.07, 6.45) is 0. The van der Waals surface area contributed by atoms with Crippen LogP contribution in [-0.2, 0) is 16.6 Å². The summed E-state index contributed by atoms with van der Waals surface area (Å²) in [5.74, 6) is 0. The van der Waals surface area contributed by atoms with Crippen molar-refractivity contribution in [3.63, 3.8) is 0 Å². The van der Waals surface area contributed by atoms with Gasteiger partial charge in [0, 0.05) is 32.1 Å². The molecule has 114 valence electrons. The zero-order chi connectivity index (χ0) is 15.5. The van der Waals surface area contributed by atoms with E-state index < -0.39 is 10.0 Å². The van der Waals surface area contributed by atoms with Gasteiger partial charge in [0.2, 0.25) is 0 Å². The number of hydrogen-bond acceptors (Lipinski definition) is 4. The van der Waals surface area contributed by atoms with Crippen LogP contribution in [0.3, 0.4) is 0 Å². The van der Waals surface area contributed by atoms with E-state index in [1.807, 2.05) is 12.1 Å². The Kier molecular flexibility index (Phi) is 5.64. The summed E-state index contributed by atoms with van der Waals surface area (Å²) >= 11 is 3.63. The van der Waals surface area contributed by atoms with Gasteiger partial charge in [0.25, 0.3) is 10.0 Å². The van der Waals surface area contributed by atoms with Gasteiger partial charge in [0.05, 0.1) is 4.90 Å². The van der Waals surface area contributed by atoms with E-state index in [4.69, 9.17) is 0 Å². The van der Waals surface area contributed by atoms with E-state index in [0.717, 1.165) is 8.45 Å². The molecule has 0 fully saturated rings. The summed E-state index contributed by atoms with van der Waals surface area (Å²) in [6, 6.07) is 9.33. The lowest BCUT2D eigenvalue weighted by Crippen LogP contribution is -2.21. The van der Waals surface area contributed by atoms with Gasteiger partial charge in [-0.05, 0) is 52.9 Å². The fourth-order valence-electron chi connectivity index (χ4n) is 1.63. The Bertz CT molecular complexity index is 694. The number of hydrogen-bond donors (Lipinski definition) is 2. The second-order valence-electron chi connectivity index (χ2n) is 4.90. The van der Waals surface area contributed by atoms with Gasteiger partial charge in [0.15, 0.2) is 0 Å². The highest BCUT2D eigenvalue weighted by molar-refractivity contribution is 14.1. The first-order chi connectivity index (χ1) is 9.87. The number of nitrogens with one attached hydrogen (secondary N) is 2. The van der Waals surface area contributed by atoms with Crippen LogP contribution >= 0.6 is 33.9 Å². The minimum absolute atomic E-state index is 0.312. The molecule has 0 aliphatic carbocycles. The van der Waals surface area contributed by atoms with Crippen molar-refractivity contribution in [3.05, 3.63) is 44.2 Å². The van der Waals surface area contributed by atoms with Crippen molar-refractivity contribution < 1.29 is 8.42 Å². The molecular formula is C14H17IN2O2S2. The summed E-state index contributed by atoms with van der Waals surface area (Å²) in [7, 11) is -3.51. The molecule has 0 aliphatic heterocycles. The van der Waals surface area contributed by atoms with Gasteiger partial charge in [-0.25, -0.2) is 8.42 Å². The summed E-state index contributed by atoms with van der Waals surface area (Å²) in [4.78, 5) is 1.32. The van der Waals surface area contributed by atoms with Crippen LogP contribution in [0.4, 0.5) is 5.69 Å². The molecule has 21 heavy (non-hydrogen) atoms. The molecule has 2 N–H and O–H groups in total. The Morgan fingerprint density at radius 1 is 1.24 bits per heavy atom.